The monoisotopic (exact) mass is 437 g/mol. The first-order valence-corrected chi connectivity index (χ1v) is 10.3. The Labute approximate surface area is 171 Å². The Kier molecular flexibility index (Phi) is 3.95. The van der Waals surface area contributed by atoms with Crippen molar-refractivity contribution in [3.63, 3.8) is 0 Å². The van der Waals surface area contributed by atoms with Gasteiger partial charge in [0, 0.05) is 21.4 Å². The lowest BCUT2D eigenvalue weighted by Gasteiger charge is -2.13. The molecule has 0 unspecified atom stereocenters. The fourth-order valence-corrected chi connectivity index (χ4v) is 5.50. The van der Waals surface area contributed by atoms with Gasteiger partial charge >= 0.3 is 0 Å². The Morgan fingerprint density at radius 2 is 1.71 bits per heavy atom. The molecular weight excluding hydrogens is 418 g/mol. The van der Waals surface area contributed by atoms with Crippen LogP contribution >= 0.6 is 15.9 Å². The first kappa shape index (κ1) is 17.6. The zero-order chi connectivity index (χ0) is 19.6. The van der Waals surface area contributed by atoms with E-state index in [2.05, 4.69) is 37.8 Å². The number of hydrogen-bond acceptors (Lipinski definition) is 3. The Balaban J connectivity index is 1.46. The van der Waals surface area contributed by atoms with Crippen LogP contribution in [0.15, 0.2) is 52.1 Å². The summed E-state index contributed by atoms with van der Waals surface area (Å²) in [6, 6.07) is 10.0. The van der Waals surface area contributed by atoms with E-state index in [0.29, 0.717) is 0 Å². The van der Waals surface area contributed by atoms with Crippen LogP contribution < -0.4 is 0 Å². The van der Waals surface area contributed by atoms with Crippen LogP contribution in [0.3, 0.4) is 0 Å². The second-order valence-electron chi connectivity index (χ2n) is 7.85. The highest BCUT2D eigenvalue weighted by Crippen LogP contribution is 2.52. The number of halogens is 1. The topological polar surface area (TPSA) is 54.7 Å². The van der Waals surface area contributed by atoms with Crippen LogP contribution in [0.25, 0.3) is 5.69 Å². The maximum Gasteiger partial charge on any atom is 0.254 e. The normalized spacial score (nSPS) is 28.2. The Hall–Kier alpha value is -2.47. The van der Waals surface area contributed by atoms with Gasteiger partial charge in [0.2, 0.25) is 0 Å². The van der Waals surface area contributed by atoms with Gasteiger partial charge in [0.05, 0.1) is 23.7 Å². The third-order valence-corrected chi connectivity index (χ3v) is 6.99. The molecule has 2 heterocycles. The smallest absolute Gasteiger partial charge is 0.254 e. The molecule has 1 aromatic heterocycles. The molecule has 1 saturated carbocycles. The molecule has 2 bridgehead atoms. The van der Waals surface area contributed by atoms with Gasteiger partial charge in [0.15, 0.2) is 0 Å². The molecule has 4 atom stereocenters. The van der Waals surface area contributed by atoms with Crippen LogP contribution in [0.5, 0.6) is 0 Å². The van der Waals surface area contributed by atoms with Crippen LogP contribution in [0.1, 0.15) is 23.4 Å². The van der Waals surface area contributed by atoms with E-state index in [4.69, 9.17) is 0 Å². The number of carbonyl (C=O) groups is 2. The zero-order valence-electron chi connectivity index (χ0n) is 15.7. The number of benzene rings is 1. The quantitative estimate of drug-likeness (QED) is 0.413. The molecule has 0 radical (unpaired) electrons. The Morgan fingerprint density at radius 1 is 1.07 bits per heavy atom. The van der Waals surface area contributed by atoms with E-state index in [-0.39, 0.29) is 35.5 Å². The van der Waals surface area contributed by atoms with Gasteiger partial charge in [0.25, 0.3) is 11.8 Å². The molecule has 2 amide bonds. The first-order chi connectivity index (χ1) is 13.5. The van der Waals surface area contributed by atoms with Gasteiger partial charge in [-0.15, -0.1) is 0 Å². The minimum absolute atomic E-state index is 0.150. The average Bonchev–Trinajstić information content (AvgIpc) is 3.40. The van der Waals surface area contributed by atoms with Gasteiger partial charge in [-0.25, -0.2) is 0 Å². The van der Waals surface area contributed by atoms with E-state index in [1.54, 1.807) is 6.21 Å². The summed E-state index contributed by atoms with van der Waals surface area (Å²) in [5, 5.41) is 5.43. The summed E-state index contributed by atoms with van der Waals surface area (Å²) in [4.78, 5) is 25.6. The van der Waals surface area contributed by atoms with Crippen LogP contribution in [0.2, 0.25) is 0 Å². The molecule has 6 heteroatoms. The van der Waals surface area contributed by atoms with E-state index in [1.165, 1.54) is 0 Å². The summed E-state index contributed by atoms with van der Waals surface area (Å²) in [7, 11) is 0. The fraction of sp³-hybridized carbons (Fsp3) is 0.318. The molecule has 5 nitrogen and oxygen atoms in total. The van der Waals surface area contributed by atoms with Crippen molar-refractivity contribution in [3.05, 3.63) is 63.9 Å². The molecule has 0 spiro atoms. The van der Waals surface area contributed by atoms with E-state index >= 15 is 0 Å². The van der Waals surface area contributed by atoms with Crippen LogP contribution in [0, 0.1) is 37.5 Å². The molecule has 142 valence electrons. The SMILES string of the molecule is Cc1cc(C=NN2C(=O)[C@@H]3[C@H](C2=O)[C@H]2C=C[C@H]3C2)c(C)n1-c1ccccc1Br. The number of nitrogens with zero attached hydrogens (tertiary/aromatic N) is 3. The number of carbonyl (C=O) groups excluding carboxylic acids is 2. The number of para-hydroxylation sites is 1. The lowest BCUT2D eigenvalue weighted by Crippen LogP contribution is -2.28. The van der Waals surface area contributed by atoms with E-state index < -0.39 is 0 Å². The molecule has 3 aliphatic rings. The van der Waals surface area contributed by atoms with Crippen molar-refractivity contribution in [1.82, 2.24) is 9.58 Å². The molecule has 2 fully saturated rings. The second kappa shape index (κ2) is 6.27. The highest BCUT2D eigenvalue weighted by atomic mass is 79.9. The summed E-state index contributed by atoms with van der Waals surface area (Å²) >= 11 is 3.61. The molecule has 1 aromatic carbocycles. The minimum atomic E-state index is -0.215. The van der Waals surface area contributed by atoms with E-state index in [9.17, 15) is 9.59 Å². The molecule has 1 saturated heterocycles. The predicted molar refractivity (Wildman–Crippen MR) is 110 cm³/mol. The van der Waals surface area contributed by atoms with Gasteiger partial charge in [-0.3, -0.25) is 9.59 Å². The number of aryl methyl sites for hydroxylation is 1. The standard InChI is InChI=1S/C22H20BrN3O2/c1-12-9-16(13(2)25(12)18-6-4-3-5-17(18)23)11-24-26-21(27)19-14-7-8-15(10-14)20(19)22(26)28/h3-9,11,14-15,19-20H,10H2,1-2H3/t14-,15-,19-,20+/m0/s1. The van der Waals surface area contributed by atoms with E-state index in [1.807, 2.05) is 44.2 Å². The summed E-state index contributed by atoms with van der Waals surface area (Å²) < 4.78 is 3.14. The average molecular weight is 438 g/mol. The van der Waals surface area contributed by atoms with Crippen molar-refractivity contribution >= 4 is 34.0 Å². The van der Waals surface area contributed by atoms with Crippen molar-refractivity contribution < 1.29 is 9.59 Å². The lowest BCUT2D eigenvalue weighted by atomic mass is 9.85. The van der Waals surface area contributed by atoms with Crippen LogP contribution in [0.4, 0.5) is 0 Å². The summed E-state index contributed by atoms with van der Waals surface area (Å²) in [5.41, 5.74) is 4.01. The third kappa shape index (κ3) is 2.40. The van der Waals surface area contributed by atoms with E-state index in [0.717, 1.165) is 38.5 Å². The molecule has 28 heavy (non-hydrogen) atoms. The molecule has 2 aliphatic carbocycles. The van der Waals surface area contributed by atoms with Gasteiger partial charge in [-0.2, -0.15) is 10.1 Å². The Bertz CT molecular complexity index is 1040. The van der Waals surface area contributed by atoms with Crippen molar-refractivity contribution in [3.8, 4) is 5.69 Å². The summed E-state index contributed by atoms with van der Waals surface area (Å²) in [5.74, 6) is -0.329. The largest absolute Gasteiger partial charge is 0.317 e. The molecular formula is C22H20BrN3O2. The van der Waals surface area contributed by atoms with Gasteiger partial charge < -0.3 is 4.57 Å². The lowest BCUT2D eigenvalue weighted by molar-refractivity contribution is -0.140. The molecule has 2 aromatic rings. The van der Waals surface area contributed by atoms with Crippen molar-refractivity contribution in [2.24, 2.45) is 28.8 Å². The van der Waals surface area contributed by atoms with Gasteiger partial charge in [0.1, 0.15) is 0 Å². The number of aromatic nitrogens is 1. The number of rotatable bonds is 3. The van der Waals surface area contributed by atoms with Crippen LogP contribution in [-0.4, -0.2) is 27.6 Å². The number of hydrogen-bond donors (Lipinski definition) is 0. The van der Waals surface area contributed by atoms with Crippen molar-refractivity contribution in [2.75, 3.05) is 0 Å². The fourth-order valence-electron chi connectivity index (χ4n) is 5.04. The maximum atomic E-state index is 12.8. The highest BCUT2D eigenvalue weighted by molar-refractivity contribution is 9.10. The van der Waals surface area contributed by atoms with Crippen molar-refractivity contribution in [2.45, 2.75) is 20.3 Å². The molecule has 0 N–H and O–H groups in total. The number of amides is 2. The maximum absolute atomic E-state index is 12.8. The number of hydrazone groups is 1. The Morgan fingerprint density at radius 3 is 2.36 bits per heavy atom. The minimum Gasteiger partial charge on any atom is -0.317 e. The molecule has 5 rings (SSSR count). The number of fused-ring (bicyclic) bond motifs is 5. The first-order valence-electron chi connectivity index (χ1n) is 9.51. The second-order valence-corrected chi connectivity index (χ2v) is 8.70. The van der Waals surface area contributed by atoms with Crippen molar-refractivity contribution in [1.29, 1.82) is 0 Å². The number of imide groups is 1. The summed E-state index contributed by atoms with van der Waals surface area (Å²) in [6.45, 7) is 4.05. The van der Waals surface area contributed by atoms with Crippen LogP contribution in [-0.2, 0) is 9.59 Å². The van der Waals surface area contributed by atoms with Gasteiger partial charge in [-0.05, 0) is 66.2 Å². The third-order valence-electron chi connectivity index (χ3n) is 6.32. The number of allylic oxidation sites excluding steroid dienone is 2. The predicted octanol–water partition coefficient (Wildman–Crippen LogP) is 4.00. The highest BCUT2D eigenvalue weighted by Gasteiger charge is 2.59. The zero-order valence-corrected chi connectivity index (χ0v) is 17.3. The van der Waals surface area contributed by atoms with Gasteiger partial charge in [-0.1, -0.05) is 24.3 Å². The molecule has 1 aliphatic heterocycles. The summed E-state index contributed by atoms with van der Waals surface area (Å²) in [6.07, 6.45) is 6.75.